The molecule has 2 amide bonds. The van der Waals surface area contributed by atoms with Crippen molar-refractivity contribution in [2.24, 2.45) is 5.92 Å². The van der Waals surface area contributed by atoms with Crippen LogP contribution < -0.4 is 19.7 Å². The van der Waals surface area contributed by atoms with Crippen LogP contribution in [0.4, 0.5) is 33.7 Å². The third-order valence-electron chi connectivity index (χ3n) is 6.49. The monoisotopic (exact) mass is 639 g/mol. The van der Waals surface area contributed by atoms with Crippen molar-refractivity contribution >= 4 is 45.0 Å². The Morgan fingerprint density at radius 3 is 2.38 bits per heavy atom. The zero-order valence-corrected chi connectivity index (χ0v) is 24.6. The molecule has 2 aliphatic rings. The number of amides is 2. The van der Waals surface area contributed by atoms with Gasteiger partial charge in [0.2, 0.25) is 11.5 Å². The molecular weight excluding hydrogens is 610 g/mol. The van der Waals surface area contributed by atoms with E-state index in [1.54, 1.807) is 7.05 Å². The van der Waals surface area contributed by atoms with Crippen molar-refractivity contribution < 1.29 is 49.8 Å². The Morgan fingerprint density at radius 2 is 1.81 bits per heavy atom. The van der Waals surface area contributed by atoms with Crippen LogP contribution in [0.25, 0.3) is 0 Å². The molecule has 2 atom stereocenters. The van der Waals surface area contributed by atoms with Crippen LogP contribution >= 0.6 is 11.6 Å². The lowest BCUT2D eigenvalue weighted by molar-refractivity contribution is -0.242. The number of halogens is 5. The predicted octanol–water partition coefficient (Wildman–Crippen LogP) is 5.11. The highest BCUT2D eigenvalue weighted by atomic mass is 35.5. The molecule has 0 aromatic heterocycles. The number of carbonyl (C=O) groups is 2. The minimum Gasteiger partial charge on any atom is -0.489 e. The number of ether oxygens (including phenoxy) is 3. The first-order chi connectivity index (χ1) is 19.5. The van der Waals surface area contributed by atoms with Gasteiger partial charge in [-0.25, -0.2) is 17.6 Å². The number of rotatable bonds is 5. The molecule has 0 radical (unpaired) electrons. The number of hydrogen-bond donors (Lipinski definition) is 2. The zero-order chi connectivity index (χ0) is 31.5. The van der Waals surface area contributed by atoms with E-state index in [1.807, 2.05) is 6.92 Å². The van der Waals surface area contributed by atoms with E-state index >= 15 is 0 Å². The third-order valence-corrected chi connectivity index (χ3v) is 8.59. The Hall–Kier alpha value is -3.30. The number of anilines is 2. The van der Waals surface area contributed by atoms with Gasteiger partial charge in [-0.15, -0.1) is 0 Å². The Balaban J connectivity index is 0.000000408. The molecule has 2 aromatic carbocycles. The second-order valence-corrected chi connectivity index (χ2v) is 12.1. The highest BCUT2D eigenvalue weighted by Gasteiger charge is 2.51. The minimum absolute atomic E-state index is 0.00967. The average molecular weight is 640 g/mol. The van der Waals surface area contributed by atoms with E-state index in [9.17, 15) is 35.6 Å². The Labute approximate surface area is 245 Å². The SMILES string of the molecule is CC(C)(OC(=O)Nc1ccc2c(c1)N(S(=O)(=O)c1ccc(F)c(Cl)c1)CCO2)C(F)(F)F.CNC(=O)C1CCOC1C. The molecule has 2 N–H and O–H groups in total. The molecule has 2 aromatic rings. The molecule has 4 rings (SSSR count). The van der Waals surface area contributed by atoms with Gasteiger partial charge >= 0.3 is 12.3 Å². The summed E-state index contributed by atoms with van der Waals surface area (Å²) in [6, 6.07) is 6.78. The van der Waals surface area contributed by atoms with Crippen LogP contribution in [0.2, 0.25) is 5.02 Å². The fraction of sp³-hybridized carbons (Fsp3) is 0.462. The molecule has 1 saturated heterocycles. The Bertz CT molecular complexity index is 1420. The summed E-state index contributed by atoms with van der Waals surface area (Å²) in [4.78, 5) is 22.7. The number of benzene rings is 2. The normalized spacial score (nSPS) is 18.6. The van der Waals surface area contributed by atoms with Gasteiger partial charge < -0.3 is 19.5 Å². The lowest BCUT2D eigenvalue weighted by Crippen LogP contribution is -2.44. The number of nitrogens with zero attached hydrogens (tertiary/aromatic N) is 1. The lowest BCUT2D eigenvalue weighted by Gasteiger charge is -2.31. The molecule has 2 heterocycles. The summed E-state index contributed by atoms with van der Waals surface area (Å²) in [6.07, 6.45) is -5.22. The zero-order valence-electron chi connectivity index (χ0n) is 23.1. The molecule has 42 heavy (non-hydrogen) atoms. The molecule has 0 bridgehead atoms. The minimum atomic E-state index is -4.80. The Kier molecular flexibility index (Phi) is 10.2. The summed E-state index contributed by atoms with van der Waals surface area (Å²) >= 11 is 5.70. The van der Waals surface area contributed by atoms with E-state index in [1.165, 1.54) is 18.2 Å². The number of carbonyl (C=O) groups excluding carboxylic acids is 2. The largest absolute Gasteiger partial charge is 0.489 e. The van der Waals surface area contributed by atoms with Gasteiger partial charge in [-0.1, -0.05) is 11.6 Å². The summed E-state index contributed by atoms with van der Waals surface area (Å²) in [5.74, 6) is -0.461. The predicted molar refractivity (Wildman–Crippen MR) is 146 cm³/mol. The van der Waals surface area contributed by atoms with Crippen molar-refractivity contribution in [2.75, 3.05) is 36.4 Å². The quantitative estimate of drug-likeness (QED) is 0.436. The van der Waals surface area contributed by atoms with Gasteiger partial charge in [0.15, 0.2) is 0 Å². The lowest BCUT2D eigenvalue weighted by atomic mass is 10.0. The third kappa shape index (κ3) is 7.55. The van der Waals surface area contributed by atoms with Crippen molar-refractivity contribution in [2.45, 2.75) is 50.0 Å². The topological polar surface area (TPSA) is 123 Å². The smallest absolute Gasteiger partial charge is 0.427 e. The van der Waals surface area contributed by atoms with Crippen molar-refractivity contribution in [3.8, 4) is 5.75 Å². The fourth-order valence-corrected chi connectivity index (χ4v) is 5.70. The molecule has 2 unspecified atom stereocenters. The van der Waals surface area contributed by atoms with Gasteiger partial charge in [-0.3, -0.25) is 14.4 Å². The van der Waals surface area contributed by atoms with Crippen molar-refractivity contribution in [3.05, 3.63) is 47.2 Å². The van der Waals surface area contributed by atoms with Gasteiger partial charge in [-0.05, 0) is 63.6 Å². The van der Waals surface area contributed by atoms with E-state index in [0.29, 0.717) is 13.8 Å². The van der Waals surface area contributed by atoms with Crippen LogP contribution in [-0.4, -0.2) is 65.1 Å². The molecule has 0 aliphatic carbocycles. The van der Waals surface area contributed by atoms with Crippen molar-refractivity contribution in [1.29, 1.82) is 0 Å². The summed E-state index contributed by atoms with van der Waals surface area (Å²) in [6.45, 7) is 3.94. The first kappa shape index (κ1) is 33.2. The van der Waals surface area contributed by atoms with E-state index in [2.05, 4.69) is 15.4 Å². The molecule has 10 nitrogen and oxygen atoms in total. The van der Waals surface area contributed by atoms with Gasteiger partial charge in [-0.2, -0.15) is 13.2 Å². The van der Waals surface area contributed by atoms with Crippen LogP contribution in [0, 0.1) is 11.7 Å². The highest BCUT2D eigenvalue weighted by molar-refractivity contribution is 7.92. The number of hydrogen-bond acceptors (Lipinski definition) is 7. The van der Waals surface area contributed by atoms with Crippen LogP contribution in [0.3, 0.4) is 0 Å². The number of sulfonamides is 1. The molecule has 0 spiro atoms. The first-order valence-electron chi connectivity index (χ1n) is 12.6. The molecule has 2 aliphatic heterocycles. The van der Waals surface area contributed by atoms with Gasteiger partial charge in [0, 0.05) is 19.3 Å². The van der Waals surface area contributed by atoms with Crippen LogP contribution in [0.15, 0.2) is 41.3 Å². The number of nitrogens with one attached hydrogen (secondary N) is 2. The van der Waals surface area contributed by atoms with E-state index in [0.717, 1.165) is 35.5 Å². The van der Waals surface area contributed by atoms with Crippen molar-refractivity contribution in [1.82, 2.24) is 5.32 Å². The summed E-state index contributed by atoms with van der Waals surface area (Å²) < 4.78 is 94.5. The maximum Gasteiger partial charge on any atom is 0.427 e. The Morgan fingerprint density at radius 1 is 1.12 bits per heavy atom. The summed E-state index contributed by atoms with van der Waals surface area (Å²) in [5, 5.41) is 4.37. The van der Waals surface area contributed by atoms with Gasteiger partial charge in [0.05, 0.1) is 34.2 Å². The summed E-state index contributed by atoms with van der Waals surface area (Å²) in [5.41, 5.74) is -2.76. The summed E-state index contributed by atoms with van der Waals surface area (Å²) in [7, 11) is -2.54. The first-order valence-corrected chi connectivity index (χ1v) is 14.4. The van der Waals surface area contributed by atoms with Gasteiger partial charge in [0.1, 0.15) is 18.2 Å². The molecule has 232 valence electrons. The van der Waals surface area contributed by atoms with Gasteiger partial charge in [0.25, 0.3) is 10.0 Å². The second kappa shape index (κ2) is 12.9. The number of fused-ring (bicyclic) bond motifs is 1. The maximum atomic E-state index is 13.5. The van der Waals surface area contributed by atoms with Crippen LogP contribution in [0.1, 0.15) is 27.2 Å². The highest BCUT2D eigenvalue weighted by Crippen LogP contribution is 2.38. The molecule has 1 fully saturated rings. The van der Waals surface area contributed by atoms with Crippen LogP contribution in [-0.2, 0) is 24.3 Å². The molecule has 16 heteroatoms. The van der Waals surface area contributed by atoms with E-state index in [-0.39, 0.29) is 58.1 Å². The maximum absolute atomic E-state index is 13.5. The number of alkyl halides is 3. The van der Waals surface area contributed by atoms with Crippen LogP contribution in [0.5, 0.6) is 5.75 Å². The fourth-order valence-electron chi connectivity index (χ4n) is 3.98. The van der Waals surface area contributed by atoms with Crippen molar-refractivity contribution in [3.63, 3.8) is 0 Å². The van der Waals surface area contributed by atoms with E-state index < -0.39 is 33.7 Å². The standard InChI is InChI=1S/C19H17ClF4N2O5S.C7H13NO2/c1-18(2,19(22,23)24)31-17(27)25-11-3-6-16-15(9-11)26(7-8-30-16)32(28,29)12-4-5-14(21)13(20)10-12;1-5-6(3-4-10-5)7(9)8-2/h3-6,9-10H,7-8H2,1-2H3,(H,25,27);5-6H,3-4H2,1-2H3,(H,8,9). The molecular formula is C26H30ClF4N3O7S. The average Bonchev–Trinajstić information content (AvgIpc) is 3.34. The second-order valence-electron chi connectivity index (χ2n) is 9.79. The van der Waals surface area contributed by atoms with E-state index in [4.69, 9.17) is 21.1 Å². The molecule has 0 saturated carbocycles.